The number of phenols is 1. The third kappa shape index (κ3) is 2.00. The van der Waals surface area contributed by atoms with Gasteiger partial charge < -0.3 is 15.2 Å². The standard InChI is InChI=1S/C7H8BBrO3/c9-4-5-3-6(10)1-2-7(5)8(11)12/h1-3,10-12H,4H2. The highest BCUT2D eigenvalue weighted by Crippen LogP contribution is 2.12. The second-order valence-electron chi connectivity index (χ2n) is 2.39. The summed E-state index contributed by atoms with van der Waals surface area (Å²) in [6, 6.07) is 4.39. The molecule has 0 saturated heterocycles. The van der Waals surface area contributed by atoms with Crippen LogP contribution in [0.2, 0.25) is 0 Å². The fourth-order valence-electron chi connectivity index (χ4n) is 0.960. The van der Waals surface area contributed by atoms with E-state index in [1.807, 2.05) is 0 Å². The van der Waals surface area contributed by atoms with Gasteiger partial charge in [-0.15, -0.1) is 0 Å². The quantitative estimate of drug-likeness (QED) is 0.494. The van der Waals surface area contributed by atoms with Crippen molar-refractivity contribution in [3.05, 3.63) is 23.8 Å². The predicted octanol–water partition coefficient (Wildman–Crippen LogP) is -0.0331. The van der Waals surface area contributed by atoms with Crippen LogP contribution in [0, 0.1) is 0 Å². The Kier molecular flexibility index (Phi) is 3.14. The molecule has 12 heavy (non-hydrogen) atoms. The van der Waals surface area contributed by atoms with Gasteiger partial charge in [0.25, 0.3) is 0 Å². The Hall–Kier alpha value is -0.515. The third-order valence-corrected chi connectivity index (χ3v) is 2.15. The lowest BCUT2D eigenvalue weighted by molar-refractivity contribution is 0.425. The molecule has 0 fully saturated rings. The molecule has 3 N–H and O–H groups in total. The van der Waals surface area contributed by atoms with Gasteiger partial charge in [-0.25, -0.2) is 0 Å². The van der Waals surface area contributed by atoms with E-state index >= 15 is 0 Å². The molecule has 0 aromatic heterocycles. The molecule has 1 rings (SSSR count). The molecule has 0 saturated carbocycles. The van der Waals surface area contributed by atoms with Crippen LogP contribution in [-0.2, 0) is 5.33 Å². The maximum absolute atomic E-state index is 9.07. The van der Waals surface area contributed by atoms with Gasteiger partial charge in [0.1, 0.15) is 5.75 Å². The summed E-state index contributed by atoms with van der Waals surface area (Å²) in [4.78, 5) is 0. The summed E-state index contributed by atoms with van der Waals surface area (Å²) in [6.45, 7) is 0. The number of hydrogen-bond donors (Lipinski definition) is 3. The van der Waals surface area contributed by atoms with Crippen LogP contribution in [0.4, 0.5) is 0 Å². The molecule has 0 spiro atoms. The molecule has 0 aliphatic carbocycles. The van der Waals surface area contributed by atoms with Crippen LogP contribution in [0.25, 0.3) is 0 Å². The van der Waals surface area contributed by atoms with Crippen LogP contribution in [-0.4, -0.2) is 22.3 Å². The van der Waals surface area contributed by atoms with Crippen molar-refractivity contribution in [1.29, 1.82) is 0 Å². The second-order valence-corrected chi connectivity index (χ2v) is 2.95. The van der Waals surface area contributed by atoms with Crippen LogP contribution in [0.15, 0.2) is 18.2 Å². The fourth-order valence-corrected chi connectivity index (χ4v) is 1.45. The van der Waals surface area contributed by atoms with E-state index in [9.17, 15) is 0 Å². The molecular weight excluding hydrogens is 223 g/mol. The molecule has 1 aromatic carbocycles. The number of alkyl halides is 1. The van der Waals surface area contributed by atoms with E-state index in [1.165, 1.54) is 18.2 Å². The normalized spacial score (nSPS) is 9.92. The van der Waals surface area contributed by atoms with Crippen LogP contribution in [0.3, 0.4) is 0 Å². The van der Waals surface area contributed by atoms with Crippen molar-refractivity contribution in [2.75, 3.05) is 0 Å². The Morgan fingerprint density at radius 2 is 2.00 bits per heavy atom. The molecular formula is C7H8BBrO3. The van der Waals surface area contributed by atoms with Gasteiger partial charge in [0.05, 0.1) is 0 Å². The zero-order chi connectivity index (χ0) is 9.14. The maximum Gasteiger partial charge on any atom is 0.488 e. The SMILES string of the molecule is OB(O)c1ccc(O)cc1CBr. The molecule has 5 heteroatoms. The lowest BCUT2D eigenvalue weighted by Gasteiger charge is -2.05. The van der Waals surface area contributed by atoms with E-state index in [2.05, 4.69) is 15.9 Å². The van der Waals surface area contributed by atoms with Crippen LogP contribution >= 0.6 is 15.9 Å². The topological polar surface area (TPSA) is 60.7 Å². The Morgan fingerprint density at radius 3 is 2.50 bits per heavy atom. The first kappa shape index (κ1) is 9.57. The lowest BCUT2D eigenvalue weighted by atomic mass is 9.77. The summed E-state index contributed by atoms with van der Waals surface area (Å²) in [6.07, 6.45) is 0. The molecule has 64 valence electrons. The highest BCUT2D eigenvalue weighted by molar-refractivity contribution is 9.08. The van der Waals surface area contributed by atoms with Gasteiger partial charge in [0.15, 0.2) is 0 Å². The maximum atomic E-state index is 9.07. The lowest BCUT2D eigenvalue weighted by Crippen LogP contribution is -2.32. The Balaban J connectivity index is 3.11. The summed E-state index contributed by atoms with van der Waals surface area (Å²) in [5.74, 6) is 0.119. The molecule has 0 unspecified atom stereocenters. The van der Waals surface area contributed by atoms with Crippen molar-refractivity contribution < 1.29 is 15.2 Å². The van der Waals surface area contributed by atoms with E-state index in [0.717, 1.165) is 0 Å². The minimum atomic E-state index is -1.49. The van der Waals surface area contributed by atoms with E-state index in [0.29, 0.717) is 16.4 Å². The molecule has 0 bridgehead atoms. The van der Waals surface area contributed by atoms with E-state index in [-0.39, 0.29) is 5.75 Å². The molecule has 0 aliphatic rings. The van der Waals surface area contributed by atoms with Gasteiger partial charge in [-0.3, -0.25) is 0 Å². The molecule has 3 nitrogen and oxygen atoms in total. The van der Waals surface area contributed by atoms with Gasteiger partial charge in [0, 0.05) is 5.33 Å². The van der Waals surface area contributed by atoms with Gasteiger partial charge in [-0.05, 0) is 23.2 Å². The smallest absolute Gasteiger partial charge is 0.488 e. The highest BCUT2D eigenvalue weighted by Gasteiger charge is 2.15. The highest BCUT2D eigenvalue weighted by atomic mass is 79.9. The Labute approximate surface area is 78.9 Å². The zero-order valence-electron chi connectivity index (χ0n) is 6.24. The van der Waals surface area contributed by atoms with Crippen molar-refractivity contribution in [3.8, 4) is 5.75 Å². The Bertz CT molecular complexity index is 277. The number of benzene rings is 1. The summed E-state index contributed by atoms with van der Waals surface area (Å²) < 4.78 is 0. The number of phenolic OH excluding ortho intramolecular Hbond substituents is 1. The minimum absolute atomic E-state index is 0.119. The molecule has 1 aromatic rings. The van der Waals surface area contributed by atoms with Crippen LogP contribution < -0.4 is 5.46 Å². The fraction of sp³-hybridized carbons (Fsp3) is 0.143. The first-order valence-corrected chi connectivity index (χ1v) is 4.51. The van der Waals surface area contributed by atoms with Crippen molar-refractivity contribution in [2.24, 2.45) is 0 Å². The average Bonchev–Trinajstić information content (AvgIpc) is 2.03. The Morgan fingerprint density at radius 1 is 1.33 bits per heavy atom. The van der Waals surface area contributed by atoms with Crippen molar-refractivity contribution in [3.63, 3.8) is 0 Å². The number of hydrogen-bond acceptors (Lipinski definition) is 3. The molecule has 0 heterocycles. The van der Waals surface area contributed by atoms with Crippen molar-refractivity contribution in [1.82, 2.24) is 0 Å². The summed E-state index contributed by atoms with van der Waals surface area (Å²) in [5.41, 5.74) is 1.08. The third-order valence-electron chi connectivity index (χ3n) is 1.55. The molecule has 0 amide bonds. The predicted molar refractivity (Wildman–Crippen MR) is 50.6 cm³/mol. The van der Waals surface area contributed by atoms with Gasteiger partial charge in [-0.2, -0.15) is 0 Å². The van der Waals surface area contributed by atoms with Gasteiger partial charge >= 0.3 is 7.12 Å². The average molecular weight is 231 g/mol. The molecule has 0 atom stereocenters. The minimum Gasteiger partial charge on any atom is -0.508 e. The summed E-state index contributed by atoms with van der Waals surface area (Å²) in [5, 5.41) is 27.3. The van der Waals surface area contributed by atoms with Crippen LogP contribution in [0.5, 0.6) is 5.75 Å². The van der Waals surface area contributed by atoms with Crippen LogP contribution in [0.1, 0.15) is 5.56 Å². The van der Waals surface area contributed by atoms with E-state index < -0.39 is 7.12 Å². The number of aromatic hydroxyl groups is 1. The van der Waals surface area contributed by atoms with E-state index in [1.54, 1.807) is 0 Å². The van der Waals surface area contributed by atoms with Gasteiger partial charge in [-0.1, -0.05) is 22.0 Å². The second kappa shape index (κ2) is 3.93. The van der Waals surface area contributed by atoms with Gasteiger partial charge in [0.2, 0.25) is 0 Å². The summed E-state index contributed by atoms with van der Waals surface area (Å²) >= 11 is 3.18. The van der Waals surface area contributed by atoms with Crippen molar-refractivity contribution >= 4 is 28.5 Å². The number of halogens is 1. The van der Waals surface area contributed by atoms with E-state index in [4.69, 9.17) is 15.2 Å². The monoisotopic (exact) mass is 230 g/mol. The first-order chi connectivity index (χ1) is 5.65. The molecule has 0 radical (unpaired) electrons. The largest absolute Gasteiger partial charge is 0.508 e. The first-order valence-electron chi connectivity index (χ1n) is 3.39. The summed E-state index contributed by atoms with van der Waals surface area (Å²) in [7, 11) is -1.49. The van der Waals surface area contributed by atoms with Crippen molar-refractivity contribution in [2.45, 2.75) is 5.33 Å². The number of rotatable bonds is 2. The zero-order valence-corrected chi connectivity index (χ0v) is 7.82. The molecule has 0 aliphatic heterocycles.